The lowest BCUT2D eigenvalue weighted by Crippen LogP contribution is -2.04. The van der Waals surface area contributed by atoms with Gasteiger partial charge in [-0.15, -0.1) is 0 Å². The maximum atomic E-state index is 12.0. The van der Waals surface area contributed by atoms with Crippen LogP contribution >= 0.6 is 11.6 Å². The van der Waals surface area contributed by atoms with Crippen LogP contribution in [-0.2, 0) is 6.54 Å². The third-order valence-electron chi connectivity index (χ3n) is 2.01. The molecule has 0 amide bonds. The molecule has 0 N–H and O–H groups in total. The van der Waals surface area contributed by atoms with Crippen LogP contribution in [0.2, 0.25) is 5.15 Å². The van der Waals surface area contributed by atoms with E-state index in [1.807, 2.05) is 0 Å². The van der Waals surface area contributed by atoms with Crippen molar-refractivity contribution in [1.82, 2.24) is 14.8 Å². The Morgan fingerprint density at radius 2 is 2.20 bits per heavy atom. The third-order valence-corrected chi connectivity index (χ3v) is 2.22. The van der Waals surface area contributed by atoms with E-state index in [0.717, 1.165) is 5.39 Å². The highest BCUT2D eigenvalue weighted by Crippen LogP contribution is 2.15. The summed E-state index contributed by atoms with van der Waals surface area (Å²) in [4.78, 5) is 4.03. The Kier molecular flexibility index (Phi) is 2.81. The van der Waals surface area contributed by atoms with Gasteiger partial charge in [0.1, 0.15) is 5.15 Å². The van der Waals surface area contributed by atoms with Gasteiger partial charge in [0.25, 0.3) is 0 Å². The maximum Gasteiger partial charge on any atom is 0.240 e. The van der Waals surface area contributed by atoms with E-state index in [4.69, 9.17) is 11.6 Å². The van der Waals surface area contributed by atoms with Crippen molar-refractivity contribution in [2.24, 2.45) is 0 Å². The summed E-state index contributed by atoms with van der Waals surface area (Å²) in [6.07, 6.45) is -0.974. The molecular weight excluding hydrogens is 224 g/mol. The summed E-state index contributed by atoms with van der Waals surface area (Å²) in [6, 6.07) is 3.40. The minimum Gasteiger partial charge on any atom is -0.247 e. The number of pyridine rings is 1. The number of fused-ring (bicyclic) bond motifs is 1. The lowest BCUT2D eigenvalue weighted by Gasteiger charge is -2.01. The van der Waals surface area contributed by atoms with Gasteiger partial charge >= 0.3 is 0 Å². The first-order valence-corrected chi connectivity index (χ1v) is 4.81. The van der Waals surface area contributed by atoms with Gasteiger partial charge in [0.15, 0.2) is 5.65 Å². The molecule has 0 aromatic carbocycles. The van der Waals surface area contributed by atoms with E-state index in [9.17, 15) is 8.78 Å². The molecule has 0 unspecified atom stereocenters. The van der Waals surface area contributed by atoms with E-state index in [-0.39, 0.29) is 13.0 Å². The fraction of sp³-hybridized carbons (Fsp3) is 0.333. The molecule has 0 fully saturated rings. The predicted octanol–water partition coefficient (Wildman–Crippen LogP) is 2.74. The van der Waals surface area contributed by atoms with Crippen LogP contribution in [0.3, 0.4) is 0 Å². The zero-order valence-corrected chi connectivity index (χ0v) is 8.46. The van der Waals surface area contributed by atoms with E-state index >= 15 is 0 Å². The molecule has 3 nitrogen and oxygen atoms in total. The average Bonchev–Trinajstić information content (AvgIpc) is 2.57. The van der Waals surface area contributed by atoms with E-state index in [0.29, 0.717) is 10.8 Å². The predicted molar refractivity (Wildman–Crippen MR) is 53.2 cm³/mol. The molecule has 0 radical (unpaired) electrons. The van der Waals surface area contributed by atoms with Gasteiger partial charge in [-0.25, -0.2) is 18.4 Å². The van der Waals surface area contributed by atoms with Crippen molar-refractivity contribution in [1.29, 1.82) is 0 Å². The van der Waals surface area contributed by atoms with Crippen LogP contribution in [0.4, 0.5) is 8.78 Å². The Morgan fingerprint density at radius 1 is 1.40 bits per heavy atom. The fourth-order valence-corrected chi connectivity index (χ4v) is 1.46. The first-order chi connectivity index (χ1) is 7.16. The SMILES string of the molecule is FC(F)CCn1ncc2ccc(Cl)nc21. The lowest BCUT2D eigenvalue weighted by atomic mass is 10.3. The quantitative estimate of drug-likeness (QED) is 0.761. The Morgan fingerprint density at radius 3 is 2.93 bits per heavy atom. The number of aromatic nitrogens is 3. The van der Waals surface area contributed by atoms with Crippen LogP contribution in [0.1, 0.15) is 6.42 Å². The molecule has 0 saturated carbocycles. The maximum absolute atomic E-state index is 12.0. The zero-order chi connectivity index (χ0) is 10.8. The molecule has 2 aromatic heterocycles. The molecule has 2 rings (SSSR count). The van der Waals surface area contributed by atoms with Gasteiger partial charge in [0.05, 0.1) is 6.20 Å². The summed E-state index contributed by atoms with van der Waals surface area (Å²) in [7, 11) is 0. The summed E-state index contributed by atoms with van der Waals surface area (Å²) < 4.78 is 25.5. The fourth-order valence-electron chi connectivity index (χ4n) is 1.31. The van der Waals surface area contributed by atoms with E-state index in [2.05, 4.69) is 10.1 Å². The largest absolute Gasteiger partial charge is 0.247 e. The molecule has 15 heavy (non-hydrogen) atoms. The number of hydrogen-bond donors (Lipinski definition) is 0. The monoisotopic (exact) mass is 231 g/mol. The topological polar surface area (TPSA) is 30.7 Å². The summed E-state index contributed by atoms with van der Waals surface area (Å²) >= 11 is 5.71. The number of nitrogens with zero attached hydrogens (tertiary/aromatic N) is 3. The molecule has 0 spiro atoms. The van der Waals surface area contributed by atoms with Crippen molar-refractivity contribution in [2.45, 2.75) is 19.4 Å². The van der Waals surface area contributed by atoms with Crippen molar-refractivity contribution < 1.29 is 8.78 Å². The number of aryl methyl sites for hydroxylation is 1. The molecule has 2 aromatic rings. The second kappa shape index (κ2) is 4.10. The van der Waals surface area contributed by atoms with Crippen LogP contribution in [0.15, 0.2) is 18.3 Å². The highest BCUT2D eigenvalue weighted by Gasteiger charge is 2.07. The Balaban J connectivity index is 2.31. The molecule has 2 heterocycles. The van der Waals surface area contributed by atoms with Gasteiger partial charge in [-0.3, -0.25) is 0 Å². The van der Waals surface area contributed by atoms with Crippen molar-refractivity contribution in [2.75, 3.05) is 0 Å². The number of halogens is 3. The smallest absolute Gasteiger partial charge is 0.240 e. The summed E-state index contributed by atoms with van der Waals surface area (Å²) in [5, 5.41) is 5.10. The molecule has 0 aliphatic heterocycles. The van der Waals surface area contributed by atoms with Crippen LogP contribution in [-0.4, -0.2) is 21.2 Å². The van der Waals surface area contributed by atoms with Gasteiger partial charge in [0.2, 0.25) is 6.43 Å². The minimum atomic E-state index is -2.33. The number of rotatable bonds is 3. The van der Waals surface area contributed by atoms with Crippen LogP contribution < -0.4 is 0 Å². The van der Waals surface area contributed by atoms with Crippen LogP contribution in [0.25, 0.3) is 11.0 Å². The molecule has 0 bridgehead atoms. The van der Waals surface area contributed by atoms with Gasteiger partial charge < -0.3 is 0 Å². The summed E-state index contributed by atoms with van der Waals surface area (Å²) in [5.41, 5.74) is 0.545. The molecule has 0 atom stereocenters. The first-order valence-electron chi connectivity index (χ1n) is 4.43. The molecule has 0 aliphatic carbocycles. The molecule has 0 aliphatic rings. The average molecular weight is 232 g/mol. The Labute approximate surface area is 89.7 Å². The van der Waals surface area contributed by atoms with Gasteiger partial charge in [0, 0.05) is 18.4 Å². The first kappa shape index (κ1) is 10.3. The number of alkyl halides is 2. The summed E-state index contributed by atoms with van der Waals surface area (Å²) in [6.45, 7) is 0.147. The Bertz CT molecular complexity index is 469. The van der Waals surface area contributed by atoms with Crippen molar-refractivity contribution >= 4 is 22.6 Å². The van der Waals surface area contributed by atoms with Gasteiger partial charge in [-0.05, 0) is 12.1 Å². The molecule has 6 heteroatoms. The second-order valence-corrected chi connectivity index (χ2v) is 3.48. The standard InChI is InChI=1S/C9H8ClF2N3/c10-7-2-1-6-5-13-15(9(6)14-7)4-3-8(11)12/h1-2,5,8H,3-4H2. The second-order valence-electron chi connectivity index (χ2n) is 3.09. The van der Waals surface area contributed by atoms with E-state index in [1.165, 1.54) is 4.68 Å². The zero-order valence-electron chi connectivity index (χ0n) is 7.70. The van der Waals surface area contributed by atoms with Crippen LogP contribution in [0, 0.1) is 0 Å². The summed E-state index contributed by atoms with van der Waals surface area (Å²) in [5.74, 6) is 0. The molecular formula is C9H8ClF2N3. The van der Waals surface area contributed by atoms with Gasteiger partial charge in [-0.1, -0.05) is 11.6 Å². The molecule has 80 valence electrons. The lowest BCUT2D eigenvalue weighted by molar-refractivity contribution is 0.130. The van der Waals surface area contributed by atoms with E-state index < -0.39 is 6.43 Å². The Hall–Kier alpha value is -1.23. The number of hydrogen-bond acceptors (Lipinski definition) is 2. The highest BCUT2D eigenvalue weighted by molar-refractivity contribution is 6.29. The van der Waals surface area contributed by atoms with Gasteiger partial charge in [-0.2, -0.15) is 5.10 Å². The van der Waals surface area contributed by atoms with Crippen LogP contribution in [0.5, 0.6) is 0 Å². The van der Waals surface area contributed by atoms with E-state index in [1.54, 1.807) is 18.3 Å². The normalized spacial score (nSPS) is 11.5. The van der Waals surface area contributed by atoms with Crippen molar-refractivity contribution in [3.05, 3.63) is 23.5 Å². The van der Waals surface area contributed by atoms with Crippen molar-refractivity contribution in [3.63, 3.8) is 0 Å². The minimum absolute atomic E-state index is 0.147. The van der Waals surface area contributed by atoms with Crippen molar-refractivity contribution in [3.8, 4) is 0 Å². The molecule has 0 saturated heterocycles. The third kappa shape index (κ3) is 2.23. The highest BCUT2D eigenvalue weighted by atomic mass is 35.5.